The largest absolute Gasteiger partial charge is 0.384 e. The van der Waals surface area contributed by atoms with Gasteiger partial charge in [-0.2, -0.15) is 8.78 Å². The highest BCUT2D eigenvalue weighted by Gasteiger charge is 2.31. The lowest BCUT2D eigenvalue weighted by Crippen LogP contribution is -2.18. The Morgan fingerprint density at radius 1 is 1.23 bits per heavy atom. The van der Waals surface area contributed by atoms with E-state index < -0.39 is 16.1 Å². The summed E-state index contributed by atoms with van der Waals surface area (Å²) < 4.78 is 60.4. The number of rotatable bonds is 7. The number of anilines is 2. The summed E-state index contributed by atoms with van der Waals surface area (Å²) in [6, 6.07) is 7.19. The van der Waals surface area contributed by atoms with Crippen molar-refractivity contribution < 1.29 is 21.9 Å². The maximum atomic E-state index is 13.6. The zero-order valence-electron chi connectivity index (χ0n) is 16.9. The summed E-state index contributed by atoms with van der Waals surface area (Å²) in [5, 5.41) is 3.07. The van der Waals surface area contributed by atoms with Gasteiger partial charge < -0.3 is 14.6 Å². The van der Waals surface area contributed by atoms with E-state index in [-0.39, 0.29) is 10.5 Å². The monoisotopic (exact) mass is 449 g/mol. The van der Waals surface area contributed by atoms with Crippen LogP contribution >= 0.6 is 0 Å². The molecule has 8 nitrogen and oxygen atoms in total. The summed E-state index contributed by atoms with van der Waals surface area (Å²) in [5.41, 5.74) is 1.35. The molecular weight excluding hydrogens is 428 g/mol. The van der Waals surface area contributed by atoms with E-state index in [0.29, 0.717) is 22.8 Å². The van der Waals surface area contributed by atoms with Crippen LogP contribution in [0.2, 0.25) is 0 Å². The van der Waals surface area contributed by atoms with Crippen LogP contribution in [0.25, 0.3) is 11.3 Å². The van der Waals surface area contributed by atoms with Gasteiger partial charge in [0.05, 0.1) is 16.2 Å². The number of nitrogens with one attached hydrogen (secondary N) is 2. The number of sulfonamides is 1. The Labute approximate surface area is 178 Å². The fourth-order valence-electron chi connectivity index (χ4n) is 3.41. The van der Waals surface area contributed by atoms with E-state index in [0.717, 1.165) is 38.5 Å². The third kappa shape index (κ3) is 4.16. The van der Waals surface area contributed by atoms with Crippen molar-refractivity contribution in [2.24, 2.45) is 0 Å². The molecule has 0 amide bonds. The summed E-state index contributed by atoms with van der Waals surface area (Å²) in [4.78, 5) is 8.76. The molecule has 1 aliphatic heterocycles. The quantitative estimate of drug-likeness (QED) is 0.575. The van der Waals surface area contributed by atoms with E-state index in [1.54, 1.807) is 6.07 Å². The molecule has 2 aromatic heterocycles. The molecule has 0 bridgehead atoms. The molecule has 0 atom stereocenters. The topological polar surface area (TPSA) is 98.1 Å². The van der Waals surface area contributed by atoms with E-state index in [1.165, 1.54) is 31.3 Å². The molecule has 164 valence electrons. The Kier molecular flexibility index (Phi) is 5.50. The first-order valence-corrected chi connectivity index (χ1v) is 11.0. The Morgan fingerprint density at radius 2 is 2.03 bits per heavy atom. The van der Waals surface area contributed by atoms with Gasteiger partial charge in [0, 0.05) is 43.7 Å². The van der Waals surface area contributed by atoms with Gasteiger partial charge in [-0.05, 0) is 43.8 Å². The van der Waals surface area contributed by atoms with Gasteiger partial charge in [0.2, 0.25) is 10.0 Å². The first kappa shape index (κ1) is 21.3. The maximum Gasteiger partial charge on any atom is 0.384 e. The molecule has 0 saturated heterocycles. The lowest BCUT2D eigenvalue weighted by molar-refractivity contribution is -0.231. The van der Waals surface area contributed by atoms with Crippen molar-refractivity contribution in [1.29, 1.82) is 0 Å². The summed E-state index contributed by atoms with van der Waals surface area (Å²) in [6.45, 7) is 0.857. The van der Waals surface area contributed by atoms with Gasteiger partial charge >= 0.3 is 6.11 Å². The third-order valence-electron chi connectivity index (χ3n) is 5.12. The van der Waals surface area contributed by atoms with E-state index in [9.17, 15) is 17.2 Å². The normalized spacial score (nSPS) is 13.9. The SMILES string of the molecule is CNS(=O)(=O)c1ccc(Nc2ccc(C(F)(F)OC)cn2)c(-c2cn3c(n2)CCC3)c1. The summed E-state index contributed by atoms with van der Waals surface area (Å²) in [6.07, 6.45) is 1.35. The minimum Gasteiger partial charge on any atom is -0.340 e. The number of benzene rings is 1. The van der Waals surface area contributed by atoms with Crippen LogP contribution < -0.4 is 10.0 Å². The minimum absolute atomic E-state index is 0.0896. The van der Waals surface area contributed by atoms with Crippen LogP contribution in [0, 0.1) is 0 Å². The van der Waals surface area contributed by atoms with Gasteiger partial charge in [0.1, 0.15) is 11.6 Å². The average Bonchev–Trinajstić information content (AvgIpc) is 3.36. The van der Waals surface area contributed by atoms with Crippen LogP contribution in [0.15, 0.2) is 47.6 Å². The van der Waals surface area contributed by atoms with Crippen LogP contribution in [0.3, 0.4) is 0 Å². The van der Waals surface area contributed by atoms with E-state index in [4.69, 9.17) is 0 Å². The lowest BCUT2D eigenvalue weighted by atomic mass is 10.1. The predicted octanol–water partition coefficient (Wildman–Crippen LogP) is 3.24. The number of aromatic nitrogens is 3. The molecule has 0 fully saturated rings. The molecule has 4 rings (SSSR count). The van der Waals surface area contributed by atoms with Crippen LogP contribution in [-0.2, 0) is 33.8 Å². The average molecular weight is 449 g/mol. The highest BCUT2D eigenvalue weighted by atomic mass is 32.2. The van der Waals surface area contributed by atoms with Crippen molar-refractivity contribution in [3.63, 3.8) is 0 Å². The second-order valence-corrected chi connectivity index (χ2v) is 8.92. The minimum atomic E-state index is -3.66. The number of halogens is 2. The number of aryl methyl sites for hydroxylation is 2. The van der Waals surface area contributed by atoms with E-state index in [2.05, 4.69) is 24.7 Å². The molecule has 1 aromatic carbocycles. The van der Waals surface area contributed by atoms with Crippen LogP contribution in [0.4, 0.5) is 20.3 Å². The van der Waals surface area contributed by atoms with Crippen molar-refractivity contribution >= 4 is 21.5 Å². The van der Waals surface area contributed by atoms with Crippen molar-refractivity contribution in [1.82, 2.24) is 19.3 Å². The predicted molar refractivity (Wildman–Crippen MR) is 111 cm³/mol. The van der Waals surface area contributed by atoms with Gasteiger partial charge in [0.25, 0.3) is 0 Å². The second-order valence-electron chi connectivity index (χ2n) is 7.03. The molecule has 2 N–H and O–H groups in total. The molecule has 0 aliphatic carbocycles. The number of hydrogen-bond acceptors (Lipinski definition) is 6. The fraction of sp³-hybridized carbons (Fsp3) is 0.300. The van der Waals surface area contributed by atoms with Crippen LogP contribution in [-0.4, -0.2) is 37.1 Å². The number of fused-ring (bicyclic) bond motifs is 1. The number of hydrogen-bond donors (Lipinski definition) is 2. The van der Waals surface area contributed by atoms with Gasteiger partial charge in [-0.15, -0.1) is 0 Å². The second kappa shape index (κ2) is 7.98. The number of nitrogens with zero attached hydrogens (tertiary/aromatic N) is 3. The summed E-state index contributed by atoms with van der Waals surface area (Å²) >= 11 is 0. The standard InChI is InChI=1S/C20H21F2N5O3S/c1-23-31(28,29)14-6-7-16(15(10-14)17-12-27-9-3-4-19(27)26-17)25-18-8-5-13(11-24-18)20(21,22)30-2/h5-8,10-12,23H,3-4,9H2,1-2H3,(H,24,25). The van der Waals surface area contributed by atoms with Crippen molar-refractivity contribution in [2.45, 2.75) is 30.4 Å². The molecule has 0 unspecified atom stereocenters. The maximum absolute atomic E-state index is 13.6. The summed E-state index contributed by atoms with van der Waals surface area (Å²) in [7, 11) is -1.40. The Bertz CT molecular complexity index is 1190. The molecule has 11 heteroatoms. The zero-order chi connectivity index (χ0) is 22.2. The third-order valence-corrected chi connectivity index (χ3v) is 6.54. The van der Waals surface area contributed by atoms with Crippen LogP contribution in [0.5, 0.6) is 0 Å². The van der Waals surface area contributed by atoms with E-state index in [1.807, 2.05) is 10.8 Å². The molecule has 0 radical (unpaired) electrons. The highest BCUT2D eigenvalue weighted by Crippen LogP contribution is 2.34. The molecule has 0 spiro atoms. The van der Waals surface area contributed by atoms with Crippen LogP contribution in [0.1, 0.15) is 17.8 Å². The Morgan fingerprint density at radius 3 is 2.68 bits per heavy atom. The molecule has 0 saturated carbocycles. The van der Waals surface area contributed by atoms with Crippen molar-refractivity contribution in [2.75, 3.05) is 19.5 Å². The number of methoxy groups -OCH3 is 1. The zero-order valence-corrected chi connectivity index (χ0v) is 17.7. The molecule has 1 aliphatic rings. The van der Waals surface area contributed by atoms with Gasteiger partial charge in [-0.25, -0.2) is 23.1 Å². The number of ether oxygens (including phenoxy) is 1. The fourth-order valence-corrected chi connectivity index (χ4v) is 4.17. The number of pyridine rings is 1. The van der Waals surface area contributed by atoms with Gasteiger partial charge in [0.15, 0.2) is 0 Å². The van der Waals surface area contributed by atoms with E-state index >= 15 is 0 Å². The van der Waals surface area contributed by atoms with Crippen molar-refractivity contribution in [3.8, 4) is 11.3 Å². The summed E-state index contributed by atoms with van der Waals surface area (Å²) in [5.74, 6) is 1.25. The van der Waals surface area contributed by atoms with Crippen molar-refractivity contribution in [3.05, 3.63) is 54.1 Å². The molecule has 3 aromatic rings. The van der Waals surface area contributed by atoms with Gasteiger partial charge in [-0.3, -0.25) is 0 Å². The first-order chi connectivity index (χ1) is 14.7. The molecule has 3 heterocycles. The van der Waals surface area contributed by atoms with Gasteiger partial charge in [-0.1, -0.05) is 0 Å². The molecule has 31 heavy (non-hydrogen) atoms. The Balaban J connectivity index is 1.73. The smallest absolute Gasteiger partial charge is 0.340 e. The Hall–Kier alpha value is -2.89. The first-order valence-electron chi connectivity index (χ1n) is 9.54. The molecular formula is C20H21F2N5O3S. The number of alkyl halides is 2. The highest BCUT2D eigenvalue weighted by molar-refractivity contribution is 7.89. The number of imidazole rings is 1. The lowest BCUT2D eigenvalue weighted by Gasteiger charge is -2.15.